The summed E-state index contributed by atoms with van der Waals surface area (Å²) in [6.45, 7) is 4.66. The number of likely N-dealkylation sites (tertiary alicyclic amines) is 1. The summed E-state index contributed by atoms with van der Waals surface area (Å²) < 4.78 is 0. The van der Waals surface area contributed by atoms with Crippen LogP contribution in [0.4, 0.5) is 5.69 Å². The molecule has 0 bridgehead atoms. The van der Waals surface area contributed by atoms with Crippen LogP contribution in [0, 0.1) is 5.92 Å². The number of anilines is 1. The Kier molecular flexibility index (Phi) is 6.13. The fraction of sp³-hybridized carbons (Fsp3) is 0.429. The van der Waals surface area contributed by atoms with Crippen molar-refractivity contribution in [1.82, 2.24) is 4.90 Å². The molecule has 1 aliphatic heterocycles. The van der Waals surface area contributed by atoms with Gasteiger partial charge in [-0.1, -0.05) is 30.3 Å². The van der Waals surface area contributed by atoms with Gasteiger partial charge in [-0.2, -0.15) is 0 Å². The van der Waals surface area contributed by atoms with E-state index in [9.17, 15) is 5.11 Å². The number of piperidine rings is 1. The number of rotatable bonds is 7. The highest BCUT2D eigenvalue weighted by atomic mass is 16.3. The lowest BCUT2D eigenvalue weighted by atomic mass is 9.93. The van der Waals surface area contributed by atoms with Crippen molar-refractivity contribution < 1.29 is 5.11 Å². The highest BCUT2D eigenvalue weighted by Crippen LogP contribution is 2.21. The van der Waals surface area contributed by atoms with Crippen molar-refractivity contribution in [3.63, 3.8) is 0 Å². The molecular weight excluding hydrogens is 296 g/mol. The van der Waals surface area contributed by atoms with E-state index in [1.54, 1.807) is 12.1 Å². The van der Waals surface area contributed by atoms with Crippen LogP contribution in [0.5, 0.6) is 5.75 Å². The monoisotopic (exact) mass is 324 g/mol. The third kappa shape index (κ3) is 5.27. The van der Waals surface area contributed by atoms with Gasteiger partial charge < -0.3 is 15.3 Å². The van der Waals surface area contributed by atoms with Crippen molar-refractivity contribution in [2.45, 2.75) is 25.7 Å². The van der Waals surface area contributed by atoms with E-state index >= 15 is 0 Å². The lowest BCUT2D eigenvalue weighted by Gasteiger charge is -2.32. The second-order valence-corrected chi connectivity index (χ2v) is 6.78. The first-order valence-electron chi connectivity index (χ1n) is 9.09. The lowest BCUT2D eigenvalue weighted by Crippen LogP contribution is -2.35. The SMILES string of the molecule is Oc1ccc(NCCC2CCN(CCc3ccccc3)CC2)cc1. The third-order valence-corrected chi connectivity index (χ3v) is 5.02. The molecule has 0 unspecified atom stereocenters. The molecule has 0 saturated carbocycles. The number of aromatic hydroxyl groups is 1. The number of phenols is 1. The minimum atomic E-state index is 0.323. The van der Waals surface area contributed by atoms with E-state index < -0.39 is 0 Å². The smallest absolute Gasteiger partial charge is 0.115 e. The van der Waals surface area contributed by atoms with E-state index in [-0.39, 0.29) is 0 Å². The van der Waals surface area contributed by atoms with Crippen molar-refractivity contribution in [3.05, 3.63) is 60.2 Å². The number of hydrogen-bond acceptors (Lipinski definition) is 3. The Labute approximate surface area is 145 Å². The van der Waals surface area contributed by atoms with Gasteiger partial charge in [-0.05, 0) is 74.5 Å². The molecule has 1 aliphatic rings. The molecule has 3 heteroatoms. The second-order valence-electron chi connectivity index (χ2n) is 6.78. The molecule has 3 nitrogen and oxygen atoms in total. The van der Waals surface area contributed by atoms with Gasteiger partial charge in [-0.25, -0.2) is 0 Å². The summed E-state index contributed by atoms with van der Waals surface area (Å²) in [5.74, 6) is 1.16. The summed E-state index contributed by atoms with van der Waals surface area (Å²) in [4.78, 5) is 2.61. The Hall–Kier alpha value is -2.00. The molecule has 1 saturated heterocycles. The Morgan fingerprint density at radius 2 is 1.67 bits per heavy atom. The fourth-order valence-electron chi connectivity index (χ4n) is 3.43. The van der Waals surface area contributed by atoms with Crippen LogP contribution in [-0.2, 0) is 6.42 Å². The van der Waals surface area contributed by atoms with Gasteiger partial charge in [-0.3, -0.25) is 0 Å². The zero-order valence-electron chi connectivity index (χ0n) is 14.3. The van der Waals surface area contributed by atoms with Gasteiger partial charge in [-0.15, -0.1) is 0 Å². The molecule has 128 valence electrons. The molecule has 24 heavy (non-hydrogen) atoms. The summed E-state index contributed by atoms with van der Waals surface area (Å²) in [6.07, 6.45) is 5.01. The van der Waals surface area contributed by atoms with E-state index in [2.05, 4.69) is 40.5 Å². The topological polar surface area (TPSA) is 35.5 Å². The van der Waals surface area contributed by atoms with Gasteiger partial charge >= 0.3 is 0 Å². The Morgan fingerprint density at radius 3 is 2.38 bits per heavy atom. The van der Waals surface area contributed by atoms with Gasteiger partial charge in [0.05, 0.1) is 0 Å². The van der Waals surface area contributed by atoms with E-state index in [0.717, 1.165) is 24.6 Å². The van der Waals surface area contributed by atoms with Gasteiger partial charge in [0.1, 0.15) is 5.75 Å². The standard InChI is InChI=1S/C21H28N2O/c24-21-8-6-20(7-9-21)22-14-10-19-12-16-23(17-13-19)15-11-18-4-2-1-3-5-18/h1-9,19,22,24H,10-17H2. The van der Waals surface area contributed by atoms with Crippen molar-refractivity contribution in [2.75, 3.05) is 31.5 Å². The van der Waals surface area contributed by atoms with E-state index in [4.69, 9.17) is 0 Å². The molecule has 0 radical (unpaired) electrons. The predicted molar refractivity (Wildman–Crippen MR) is 101 cm³/mol. The van der Waals surface area contributed by atoms with Crippen molar-refractivity contribution in [1.29, 1.82) is 0 Å². The average molecular weight is 324 g/mol. The summed E-state index contributed by atoms with van der Waals surface area (Å²) in [7, 11) is 0. The Morgan fingerprint density at radius 1 is 0.958 bits per heavy atom. The molecule has 0 aromatic heterocycles. The fourth-order valence-corrected chi connectivity index (χ4v) is 3.43. The van der Waals surface area contributed by atoms with Crippen LogP contribution in [0.3, 0.4) is 0 Å². The first-order valence-corrected chi connectivity index (χ1v) is 9.09. The predicted octanol–water partition coefficient (Wildman–Crippen LogP) is 4.15. The van der Waals surface area contributed by atoms with E-state index in [1.165, 1.54) is 44.5 Å². The Balaban J connectivity index is 1.31. The quantitative estimate of drug-likeness (QED) is 0.751. The maximum Gasteiger partial charge on any atom is 0.115 e. The van der Waals surface area contributed by atoms with Gasteiger partial charge in [0, 0.05) is 18.8 Å². The normalized spacial score (nSPS) is 16.2. The van der Waals surface area contributed by atoms with E-state index in [0.29, 0.717) is 5.75 Å². The molecule has 0 spiro atoms. The molecule has 2 aromatic carbocycles. The summed E-state index contributed by atoms with van der Waals surface area (Å²) >= 11 is 0. The number of benzene rings is 2. The zero-order chi connectivity index (χ0) is 16.6. The van der Waals surface area contributed by atoms with Crippen LogP contribution in [0.2, 0.25) is 0 Å². The maximum atomic E-state index is 9.29. The molecular formula is C21H28N2O. The van der Waals surface area contributed by atoms with Crippen LogP contribution in [0.1, 0.15) is 24.8 Å². The highest BCUT2D eigenvalue weighted by molar-refractivity contribution is 5.45. The molecule has 1 fully saturated rings. The number of phenolic OH excluding ortho intramolecular Hbond substituents is 1. The second kappa shape index (κ2) is 8.74. The minimum Gasteiger partial charge on any atom is -0.508 e. The summed E-state index contributed by atoms with van der Waals surface area (Å²) in [5.41, 5.74) is 2.53. The largest absolute Gasteiger partial charge is 0.508 e. The maximum absolute atomic E-state index is 9.29. The first kappa shape index (κ1) is 16.8. The molecule has 2 N–H and O–H groups in total. The minimum absolute atomic E-state index is 0.323. The lowest BCUT2D eigenvalue weighted by molar-refractivity contribution is 0.183. The highest BCUT2D eigenvalue weighted by Gasteiger charge is 2.18. The van der Waals surface area contributed by atoms with Crippen LogP contribution in [0.15, 0.2) is 54.6 Å². The van der Waals surface area contributed by atoms with Crippen molar-refractivity contribution in [2.24, 2.45) is 5.92 Å². The number of nitrogens with zero attached hydrogens (tertiary/aromatic N) is 1. The molecule has 1 heterocycles. The van der Waals surface area contributed by atoms with Gasteiger partial charge in [0.2, 0.25) is 0 Å². The summed E-state index contributed by atoms with van der Waals surface area (Å²) in [5, 5.41) is 12.7. The molecule has 0 aliphatic carbocycles. The van der Waals surface area contributed by atoms with Gasteiger partial charge in [0.25, 0.3) is 0 Å². The zero-order valence-corrected chi connectivity index (χ0v) is 14.3. The molecule has 0 amide bonds. The molecule has 0 atom stereocenters. The van der Waals surface area contributed by atoms with Crippen LogP contribution >= 0.6 is 0 Å². The summed E-state index contributed by atoms with van der Waals surface area (Å²) in [6, 6.07) is 18.1. The first-order chi connectivity index (χ1) is 11.8. The van der Waals surface area contributed by atoms with Crippen molar-refractivity contribution in [3.8, 4) is 5.75 Å². The number of nitrogens with one attached hydrogen (secondary N) is 1. The van der Waals surface area contributed by atoms with Crippen LogP contribution < -0.4 is 5.32 Å². The Bertz CT molecular complexity index is 589. The molecule has 3 rings (SSSR count). The van der Waals surface area contributed by atoms with E-state index in [1.807, 2.05) is 12.1 Å². The van der Waals surface area contributed by atoms with Crippen LogP contribution in [-0.4, -0.2) is 36.2 Å². The third-order valence-electron chi connectivity index (χ3n) is 5.02. The van der Waals surface area contributed by atoms with Crippen molar-refractivity contribution >= 4 is 5.69 Å². The average Bonchev–Trinajstić information content (AvgIpc) is 2.64. The number of hydrogen-bond donors (Lipinski definition) is 2. The van der Waals surface area contributed by atoms with Gasteiger partial charge in [0.15, 0.2) is 0 Å². The van der Waals surface area contributed by atoms with Crippen LogP contribution in [0.25, 0.3) is 0 Å². The molecule has 2 aromatic rings.